The molecule has 45 heavy (non-hydrogen) atoms. The second-order valence-corrected chi connectivity index (χ2v) is 11.7. The number of guanidine groups is 1. The van der Waals surface area contributed by atoms with Crippen LogP contribution in [0.15, 0.2) is 89.8 Å². The molecule has 1 unspecified atom stereocenters. The second-order valence-electron chi connectivity index (χ2n) is 10.0. The van der Waals surface area contributed by atoms with Gasteiger partial charge in [-0.15, -0.1) is 0 Å². The van der Waals surface area contributed by atoms with Gasteiger partial charge in [-0.1, -0.05) is 48.0 Å². The van der Waals surface area contributed by atoms with E-state index in [1.807, 2.05) is 11.6 Å². The van der Waals surface area contributed by atoms with Crippen LogP contribution in [0.4, 0.5) is 13.2 Å². The number of nitrogens with two attached hydrogens (primary N) is 1. The van der Waals surface area contributed by atoms with E-state index < -0.39 is 39.7 Å². The minimum absolute atomic E-state index is 0.0156. The van der Waals surface area contributed by atoms with Gasteiger partial charge in [0.1, 0.15) is 6.04 Å². The van der Waals surface area contributed by atoms with Gasteiger partial charge in [-0.3, -0.25) is 15.0 Å². The summed E-state index contributed by atoms with van der Waals surface area (Å²) in [6.07, 6.45) is -4.44. The van der Waals surface area contributed by atoms with Crippen LogP contribution in [0.25, 0.3) is 16.9 Å². The number of carbonyl (C=O) groups excluding carboxylic acids is 2. The van der Waals surface area contributed by atoms with Crippen molar-refractivity contribution in [1.29, 1.82) is 5.41 Å². The lowest BCUT2D eigenvalue weighted by atomic mass is 10.1. The second kappa shape index (κ2) is 13.6. The Morgan fingerprint density at radius 2 is 1.64 bits per heavy atom. The summed E-state index contributed by atoms with van der Waals surface area (Å²) in [6.45, 7) is 2.04. The van der Waals surface area contributed by atoms with Crippen LogP contribution in [-0.4, -0.2) is 48.6 Å². The van der Waals surface area contributed by atoms with Crippen LogP contribution < -0.4 is 21.1 Å². The van der Waals surface area contributed by atoms with Crippen molar-refractivity contribution < 1.29 is 31.2 Å². The number of hydrogen-bond acceptors (Lipinski definition) is 6. The quantitative estimate of drug-likeness (QED) is 0.0943. The molecule has 0 aliphatic heterocycles. The number of aromatic nitrogens is 2. The van der Waals surface area contributed by atoms with E-state index in [4.69, 9.17) is 11.1 Å². The molecule has 0 aliphatic carbocycles. The molecule has 4 aromatic rings. The maximum absolute atomic E-state index is 13.6. The molecule has 4 rings (SSSR count). The third-order valence-corrected chi connectivity index (χ3v) is 7.98. The van der Waals surface area contributed by atoms with Crippen molar-refractivity contribution in [2.75, 3.05) is 6.54 Å². The molecule has 0 spiro atoms. The summed E-state index contributed by atoms with van der Waals surface area (Å²) in [6, 6.07) is 19.3. The molecule has 0 saturated carbocycles. The Morgan fingerprint density at radius 1 is 1.00 bits per heavy atom. The van der Waals surface area contributed by atoms with Gasteiger partial charge in [0.05, 0.1) is 16.3 Å². The van der Waals surface area contributed by atoms with Crippen LogP contribution in [0.5, 0.6) is 0 Å². The number of hydrogen-bond donors (Lipinski definition) is 5. The first-order valence-electron chi connectivity index (χ1n) is 13.6. The molecule has 0 saturated heterocycles. The zero-order valence-corrected chi connectivity index (χ0v) is 24.7. The Morgan fingerprint density at radius 3 is 2.24 bits per heavy atom. The third kappa shape index (κ3) is 8.47. The number of nitrogens with one attached hydrogen (secondary N) is 4. The van der Waals surface area contributed by atoms with E-state index in [9.17, 15) is 31.2 Å². The average molecular weight is 642 g/mol. The van der Waals surface area contributed by atoms with Gasteiger partial charge in [0.15, 0.2) is 11.7 Å². The molecule has 11 nitrogen and oxygen atoms in total. The highest BCUT2D eigenvalue weighted by Crippen LogP contribution is 2.33. The van der Waals surface area contributed by atoms with Gasteiger partial charge in [-0.25, -0.2) is 17.8 Å². The zero-order chi connectivity index (χ0) is 32.8. The summed E-state index contributed by atoms with van der Waals surface area (Å²) < 4.78 is 70.0. The van der Waals surface area contributed by atoms with Gasteiger partial charge < -0.3 is 16.4 Å². The van der Waals surface area contributed by atoms with Crippen LogP contribution in [0.1, 0.15) is 34.5 Å². The normalized spacial score (nSPS) is 12.3. The van der Waals surface area contributed by atoms with E-state index in [2.05, 4.69) is 15.7 Å². The number of amides is 2. The molecule has 0 aliphatic rings. The molecule has 236 valence electrons. The van der Waals surface area contributed by atoms with E-state index in [1.54, 1.807) is 42.5 Å². The number of carbonyl (C=O) groups is 2. The van der Waals surface area contributed by atoms with Crippen molar-refractivity contribution in [3.8, 4) is 16.9 Å². The summed E-state index contributed by atoms with van der Waals surface area (Å²) >= 11 is 0. The summed E-state index contributed by atoms with van der Waals surface area (Å²) in [5.41, 5.74) is 6.08. The largest absolute Gasteiger partial charge is 0.435 e. The van der Waals surface area contributed by atoms with Crippen LogP contribution in [0, 0.1) is 12.3 Å². The van der Waals surface area contributed by atoms with Crippen molar-refractivity contribution in [2.45, 2.75) is 36.9 Å². The summed E-state index contributed by atoms with van der Waals surface area (Å²) in [5.74, 6) is -1.89. The molecule has 1 atom stereocenters. The molecule has 0 fully saturated rings. The minimum Gasteiger partial charge on any atom is -0.370 e. The molecule has 1 aromatic heterocycles. The molecular formula is C30H30F3N7O4S. The molecule has 0 bridgehead atoms. The average Bonchev–Trinajstić information content (AvgIpc) is 3.45. The summed E-state index contributed by atoms with van der Waals surface area (Å²) in [7, 11) is -4.46. The van der Waals surface area contributed by atoms with Crippen molar-refractivity contribution in [3.63, 3.8) is 0 Å². The van der Waals surface area contributed by atoms with E-state index in [0.717, 1.165) is 28.4 Å². The van der Waals surface area contributed by atoms with Crippen LogP contribution in [-0.2, 0) is 21.0 Å². The van der Waals surface area contributed by atoms with E-state index in [-0.39, 0.29) is 47.2 Å². The highest BCUT2D eigenvalue weighted by molar-refractivity contribution is 7.90. The molecule has 0 radical (unpaired) electrons. The van der Waals surface area contributed by atoms with Crippen molar-refractivity contribution in [2.24, 2.45) is 5.73 Å². The number of benzene rings is 3. The van der Waals surface area contributed by atoms with E-state index in [1.165, 1.54) is 24.3 Å². The number of nitrogens with zero attached hydrogens (tertiary/aromatic N) is 2. The Bertz CT molecular complexity index is 1770. The SMILES string of the molecule is Cc1ccc(-c2cc(C(F)(F)F)nn2-c2ccc(S(=O)(=O)NC(=O)C(CCCNC(=N)N)NC(=O)c3ccccc3)cc2)cc1. The first kappa shape index (κ1) is 32.7. The maximum Gasteiger partial charge on any atom is 0.435 e. The number of halogens is 3. The Hall–Kier alpha value is -5.18. The number of aryl methyl sites for hydroxylation is 1. The molecule has 15 heteroatoms. The third-order valence-electron chi connectivity index (χ3n) is 6.62. The molecular weight excluding hydrogens is 611 g/mol. The van der Waals surface area contributed by atoms with Gasteiger partial charge >= 0.3 is 6.18 Å². The predicted octanol–water partition coefficient (Wildman–Crippen LogP) is 3.73. The topological polar surface area (TPSA) is 172 Å². The van der Waals surface area contributed by atoms with Gasteiger partial charge in [0, 0.05) is 17.7 Å². The Balaban J connectivity index is 1.56. The summed E-state index contributed by atoms with van der Waals surface area (Å²) in [5, 5.41) is 16.1. The highest BCUT2D eigenvalue weighted by Gasteiger charge is 2.35. The van der Waals surface area contributed by atoms with Gasteiger partial charge in [0.25, 0.3) is 21.8 Å². The first-order valence-corrected chi connectivity index (χ1v) is 15.1. The molecule has 2 amide bonds. The highest BCUT2D eigenvalue weighted by atomic mass is 32.2. The lowest BCUT2D eigenvalue weighted by molar-refractivity contribution is -0.141. The fourth-order valence-corrected chi connectivity index (χ4v) is 5.32. The number of rotatable bonds is 11. The van der Waals surface area contributed by atoms with Gasteiger partial charge in [-0.2, -0.15) is 18.3 Å². The zero-order valence-electron chi connectivity index (χ0n) is 23.9. The van der Waals surface area contributed by atoms with E-state index in [0.29, 0.717) is 5.56 Å². The lowest BCUT2D eigenvalue weighted by Gasteiger charge is -2.19. The first-order chi connectivity index (χ1) is 21.2. The Labute approximate surface area is 257 Å². The van der Waals surface area contributed by atoms with Crippen molar-refractivity contribution in [3.05, 3.63) is 102 Å². The molecule has 3 aromatic carbocycles. The lowest BCUT2D eigenvalue weighted by Crippen LogP contribution is -2.48. The Kier molecular flexibility index (Phi) is 9.91. The fraction of sp³-hybridized carbons (Fsp3) is 0.200. The number of alkyl halides is 3. The summed E-state index contributed by atoms with van der Waals surface area (Å²) in [4.78, 5) is 25.5. The van der Waals surface area contributed by atoms with Crippen molar-refractivity contribution in [1.82, 2.24) is 25.1 Å². The minimum atomic E-state index is -4.72. The van der Waals surface area contributed by atoms with Crippen LogP contribution in [0.3, 0.4) is 0 Å². The molecule has 1 heterocycles. The monoisotopic (exact) mass is 641 g/mol. The maximum atomic E-state index is 13.6. The van der Waals surface area contributed by atoms with Crippen LogP contribution >= 0.6 is 0 Å². The van der Waals surface area contributed by atoms with Gasteiger partial charge in [-0.05, 0) is 62.2 Å². The van der Waals surface area contributed by atoms with Gasteiger partial charge in [0.2, 0.25) is 0 Å². The standard InChI is InChI=1S/C30H30F3N7O4S/c1-19-9-11-20(12-10-19)25-18-26(30(31,32)33)38-40(25)22-13-15-23(16-14-22)45(43,44)39-28(42)24(8-5-17-36-29(34)35)37-27(41)21-6-3-2-4-7-21/h2-4,6-7,9-16,18,24H,5,8,17H2,1H3,(H,37,41)(H,39,42)(H4,34,35,36). The van der Waals surface area contributed by atoms with Crippen LogP contribution in [0.2, 0.25) is 0 Å². The van der Waals surface area contributed by atoms with E-state index >= 15 is 0 Å². The van der Waals surface area contributed by atoms with Crippen molar-refractivity contribution >= 4 is 27.8 Å². The molecule has 6 N–H and O–H groups in total. The smallest absolute Gasteiger partial charge is 0.370 e. The fourth-order valence-electron chi connectivity index (χ4n) is 4.30. The number of sulfonamides is 1. The predicted molar refractivity (Wildman–Crippen MR) is 161 cm³/mol.